The second-order valence-corrected chi connectivity index (χ2v) is 4.63. The molecule has 0 atom stereocenters. The van der Waals surface area contributed by atoms with Crippen molar-refractivity contribution >= 4 is 23.3 Å². The van der Waals surface area contributed by atoms with E-state index in [1.807, 2.05) is 24.5 Å². The minimum absolute atomic E-state index is 0.427. The van der Waals surface area contributed by atoms with Crippen molar-refractivity contribution in [2.45, 2.75) is 4.90 Å². The largest absolute Gasteiger partial charge is 0.285 e. The van der Waals surface area contributed by atoms with E-state index in [-0.39, 0.29) is 0 Å². The minimum atomic E-state index is -0.465. The Labute approximate surface area is 110 Å². The highest BCUT2D eigenvalue weighted by Crippen LogP contribution is 2.16. The molecule has 0 radical (unpaired) electrons. The topological polar surface area (TPSA) is 34.1 Å². The van der Waals surface area contributed by atoms with E-state index in [2.05, 4.69) is 0 Å². The number of hydrogen-bond acceptors (Lipinski definition) is 3. The summed E-state index contributed by atoms with van der Waals surface area (Å²) in [6.45, 7) is 0. The third kappa shape index (κ3) is 2.68. The zero-order valence-corrected chi connectivity index (χ0v) is 10.7. The van der Waals surface area contributed by atoms with Crippen LogP contribution in [0.5, 0.6) is 0 Å². The molecule has 0 aliphatic heterocycles. The van der Waals surface area contributed by atoms with Crippen LogP contribution in [0.15, 0.2) is 59.5 Å². The number of benzene rings is 2. The molecule has 0 spiro atoms. The first-order valence-corrected chi connectivity index (χ1v) is 6.73. The van der Waals surface area contributed by atoms with Gasteiger partial charge in [-0.1, -0.05) is 30.3 Å². The van der Waals surface area contributed by atoms with E-state index in [4.69, 9.17) is 0 Å². The molecule has 90 valence electrons. The SMILES string of the molecule is CSc1ccc(C(=O)C(=O)c2ccccc2)cc1. The molecule has 0 aromatic heterocycles. The molecular weight excluding hydrogens is 244 g/mol. The number of carbonyl (C=O) groups excluding carboxylic acids is 2. The fraction of sp³-hybridized carbons (Fsp3) is 0.0667. The second kappa shape index (κ2) is 5.65. The molecule has 0 fully saturated rings. The average Bonchev–Trinajstić information content (AvgIpc) is 2.47. The molecular formula is C15H12O2S. The lowest BCUT2D eigenvalue weighted by Crippen LogP contribution is -2.14. The third-order valence-electron chi connectivity index (χ3n) is 2.59. The molecule has 0 unspecified atom stereocenters. The van der Waals surface area contributed by atoms with Crippen molar-refractivity contribution in [1.29, 1.82) is 0 Å². The average molecular weight is 256 g/mol. The normalized spacial score (nSPS) is 10.1. The van der Waals surface area contributed by atoms with Crippen LogP contribution in [0, 0.1) is 0 Å². The standard InChI is InChI=1S/C15H12O2S/c1-18-13-9-7-12(8-10-13)15(17)14(16)11-5-3-2-4-6-11/h2-10H,1H3. The van der Waals surface area contributed by atoms with Crippen molar-refractivity contribution in [2.24, 2.45) is 0 Å². The van der Waals surface area contributed by atoms with Crippen molar-refractivity contribution in [3.05, 3.63) is 65.7 Å². The summed E-state index contributed by atoms with van der Waals surface area (Å²) in [5.74, 6) is -0.929. The van der Waals surface area contributed by atoms with Crippen LogP contribution < -0.4 is 0 Å². The van der Waals surface area contributed by atoms with Gasteiger partial charge in [0.15, 0.2) is 0 Å². The Morgan fingerprint density at radius 3 is 1.78 bits per heavy atom. The van der Waals surface area contributed by atoms with Gasteiger partial charge in [0.1, 0.15) is 0 Å². The van der Waals surface area contributed by atoms with Gasteiger partial charge in [-0.3, -0.25) is 9.59 Å². The van der Waals surface area contributed by atoms with Gasteiger partial charge in [0.2, 0.25) is 11.6 Å². The van der Waals surface area contributed by atoms with Crippen LogP contribution in [0.4, 0.5) is 0 Å². The summed E-state index contributed by atoms with van der Waals surface area (Å²) < 4.78 is 0. The Morgan fingerprint density at radius 2 is 1.28 bits per heavy atom. The van der Waals surface area contributed by atoms with Gasteiger partial charge in [-0.15, -0.1) is 11.8 Å². The van der Waals surface area contributed by atoms with Crippen molar-refractivity contribution in [1.82, 2.24) is 0 Å². The van der Waals surface area contributed by atoms with Crippen LogP contribution in [-0.2, 0) is 0 Å². The van der Waals surface area contributed by atoms with Crippen LogP contribution in [-0.4, -0.2) is 17.8 Å². The highest BCUT2D eigenvalue weighted by atomic mass is 32.2. The van der Waals surface area contributed by atoms with Crippen LogP contribution in [0.25, 0.3) is 0 Å². The van der Waals surface area contributed by atoms with E-state index in [1.54, 1.807) is 48.2 Å². The van der Waals surface area contributed by atoms with Crippen molar-refractivity contribution in [3.63, 3.8) is 0 Å². The highest BCUT2D eigenvalue weighted by molar-refractivity contribution is 7.98. The molecule has 0 heterocycles. The molecule has 2 aromatic carbocycles. The predicted octanol–water partition coefficient (Wildman–Crippen LogP) is 3.47. The molecule has 18 heavy (non-hydrogen) atoms. The minimum Gasteiger partial charge on any atom is -0.285 e. The Hall–Kier alpha value is -1.87. The van der Waals surface area contributed by atoms with Gasteiger partial charge in [0.05, 0.1) is 0 Å². The van der Waals surface area contributed by atoms with Crippen LogP contribution in [0.3, 0.4) is 0 Å². The van der Waals surface area contributed by atoms with Crippen molar-refractivity contribution in [3.8, 4) is 0 Å². The number of rotatable bonds is 4. The maximum Gasteiger partial charge on any atom is 0.233 e. The summed E-state index contributed by atoms with van der Waals surface area (Å²) in [4.78, 5) is 25.0. The maximum atomic E-state index is 12.0. The van der Waals surface area contributed by atoms with Gasteiger partial charge in [-0.25, -0.2) is 0 Å². The summed E-state index contributed by atoms with van der Waals surface area (Å²) in [5, 5.41) is 0. The van der Waals surface area contributed by atoms with Gasteiger partial charge in [0.25, 0.3) is 0 Å². The van der Waals surface area contributed by atoms with E-state index in [0.717, 1.165) is 4.90 Å². The van der Waals surface area contributed by atoms with E-state index in [0.29, 0.717) is 11.1 Å². The number of hydrogen-bond donors (Lipinski definition) is 0. The molecule has 0 saturated heterocycles. The molecule has 0 bridgehead atoms. The van der Waals surface area contributed by atoms with Crippen LogP contribution in [0.1, 0.15) is 20.7 Å². The van der Waals surface area contributed by atoms with Crippen molar-refractivity contribution < 1.29 is 9.59 Å². The zero-order chi connectivity index (χ0) is 13.0. The maximum absolute atomic E-state index is 12.0. The number of ketones is 2. The van der Waals surface area contributed by atoms with Crippen LogP contribution in [0.2, 0.25) is 0 Å². The molecule has 0 amide bonds. The zero-order valence-electron chi connectivity index (χ0n) is 9.92. The second-order valence-electron chi connectivity index (χ2n) is 3.75. The highest BCUT2D eigenvalue weighted by Gasteiger charge is 2.17. The summed E-state index contributed by atoms with van der Waals surface area (Å²) in [6.07, 6.45) is 1.96. The lowest BCUT2D eigenvalue weighted by atomic mass is 10.0. The lowest BCUT2D eigenvalue weighted by Gasteiger charge is -2.01. The number of carbonyl (C=O) groups is 2. The molecule has 2 rings (SSSR count). The monoisotopic (exact) mass is 256 g/mol. The van der Waals surface area contributed by atoms with E-state index in [9.17, 15) is 9.59 Å². The van der Waals surface area contributed by atoms with E-state index >= 15 is 0 Å². The molecule has 0 N–H and O–H groups in total. The van der Waals surface area contributed by atoms with Crippen molar-refractivity contribution in [2.75, 3.05) is 6.26 Å². The number of Topliss-reactive ketones (excluding diaryl/α,β-unsaturated/α-hetero) is 2. The first-order chi connectivity index (χ1) is 8.72. The summed E-state index contributed by atoms with van der Waals surface area (Å²) in [5.41, 5.74) is 0.859. The van der Waals surface area contributed by atoms with E-state index in [1.165, 1.54) is 0 Å². The Kier molecular flexibility index (Phi) is 3.95. The molecule has 2 aromatic rings. The van der Waals surface area contributed by atoms with Gasteiger partial charge >= 0.3 is 0 Å². The van der Waals surface area contributed by atoms with Gasteiger partial charge in [-0.05, 0) is 30.5 Å². The molecule has 0 aliphatic rings. The summed E-state index contributed by atoms with van der Waals surface area (Å²) in [7, 11) is 0. The Morgan fingerprint density at radius 1 is 0.778 bits per heavy atom. The third-order valence-corrected chi connectivity index (χ3v) is 3.34. The summed E-state index contributed by atoms with van der Waals surface area (Å²) in [6, 6.07) is 15.7. The Balaban J connectivity index is 2.23. The fourth-order valence-electron chi connectivity index (χ4n) is 1.59. The first-order valence-electron chi connectivity index (χ1n) is 5.50. The first kappa shape index (κ1) is 12.6. The van der Waals surface area contributed by atoms with Gasteiger partial charge in [-0.2, -0.15) is 0 Å². The molecule has 0 saturated carbocycles. The smallest absolute Gasteiger partial charge is 0.233 e. The number of thioether (sulfide) groups is 1. The van der Waals surface area contributed by atoms with Gasteiger partial charge in [0, 0.05) is 16.0 Å². The lowest BCUT2D eigenvalue weighted by molar-refractivity contribution is 0.0817. The Bertz CT molecular complexity index is 559. The molecule has 2 nitrogen and oxygen atoms in total. The molecule has 3 heteroatoms. The molecule has 0 aliphatic carbocycles. The quantitative estimate of drug-likeness (QED) is 0.477. The fourth-order valence-corrected chi connectivity index (χ4v) is 2.00. The predicted molar refractivity (Wildman–Crippen MR) is 73.3 cm³/mol. The van der Waals surface area contributed by atoms with Crippen LogP contribution >= 0.6 is 11.8 Å². The van der Waals surface area contributed by atoms with Gasteiger partial charge < -0.3 is 0 Å². The summed E-state index contributed by atoms with van der Waals surface area (Å²) >= 11 is 1.60. The van der Waals surface area contributed by atoms with E-state index < -0.39 is 11.6 Å².